The Kier molecular flexibility index (Phi) is 6.54. The molecule has 1 aliphatic heterocycles. The molecule has 0 amide bonds. The van der Waals surface area contributed by atoms with Gasteiger partial charge in [-0.1, -0.05) is 6.07 Å². The normalized spacial score (nSPS) is 25.3. The molecule has 0 radical (unpaired) electrons. The lowest BCUT2D eigenvalue weighted by molar-refractivity contribution is -0.277. The minimum Gasteiger partial charge on any atom is -0.508 e. The molecule has 5 unspecified atom stereocenters. The van der Waals surface area contributed by atoms with Gasteiger partial charge in [0.1, 0.15) is 52.8 Å². The smallest absolute Gasteiger partial charge is 0.229 e. The Morgan fingerprint density at radius 3 is 2.55 bits per heavy atom. The summed E-state index contributed by atoms with van der Waals surface area (Å²) >= 11 is 0. The molecule has 0 saturated carbocycles. The van der Waals surface area contributed by atoms with Crippen molar-refractivity contribution in [1.29, 1.82) is 0 Å². The van der Waals surface area contributed by atoms with Gasteiger partial charge in [-0.3, -0.25) is 4.79 Å². The van der Waals surface area contributed by atoms with E-state index in [0.29, 0.717) is 6.42 Å². The lowest BCUT2D eigenvalue weighted by Gasteiger charge is -2.39. The van der Waals surface area contributed by atoms with Crippen LogP contribution in [0.3, 0.4) is 0 Å². The maximum absolute atomic E-state index is 13.0. The first-order chi connectivity index (χ1) is 15.8. The zero-order valence-corrected chi connectivity index (χ0v) is 17.4. The second kappa shape index (κ2) is 9.38. The average molecular weight is 460 g/mol. The summed E-state index contributed by atoms with van der Waals surface area (Å²) in [5.41, 5.74) is 1.34. The monoisotopic (exact) mass is 460 g/mol. The molecule has 2 aromatic carbocycles. The van der Waals surface area contributed by atoms with Crippen LogP contribution in [0.25, 0.3) is 11.0 Å². The third kappa shape index (κ3) is 4.65. The average Bonchev–Trinajstić information content (AvgIpc) is 3.25. The number of aromatic hydroxyl groups is 2. The molecule has 6 N–H and O–H groups in total. The number of phenols is 2. The Labute approximate surface area is 187 Å². The first-order valence-corrected chi connectivity index (χ1v) is 10.3. The highest BCUT2D eigenvalue weighted by Gasteiger charge is 2.45. The second-order valence-electron chi connectivity index (χ2n) is 7.87. The largest absolute Gasteiger partial charge is 0.508 e. The zero-order chi connectivity index (χ0) is 23.7. The van der Waals surface area contributed by atoms with E-state index in [9.17, 15) is 35.4 Å². The van der Waals surface area contributed by atoms with E-state index in [0.717, 1.165) is 28.7 Å². The fraction of sp³-hybridized carbons (Fsp3) is 0.348. The molecule has 3 aromatic rings. The van der Waals surface area contributed by atoms with E-state index in [4.69, 9.17) is 13.9 Å². The first-order valence-electron chi connectivity index (χ1n) is 10.3. The van der Waals surface area contributed by atoms with Gasteiger partial charge in [0.15, 0.2) is 5.78 Å². The van der Waals surface area contributed by atoms with E-state index in [1.807, 2.05) is 12.1 Å². The van der Waals surface area contributed by atoms with E-state index >= 15 is 0 Å². The predicted octanol–water partition coefficient (Wildman–Crippen LogP) is 0.838. The Bertz CT molecular complexity index is 1140. The van der Waals surface area contributed by atoms with Gasteiger partial charge in [0.05, 0.1) is 12.9 Å². The van der Waals surface area contributed by atoms with Gasteiger partial charge in [0, 0.05) is 23.9 Å². The number of carbonyl (C=O) groups excluding carboxylic acids is 1. The summed E-state index contributed by atoms with van der Waals surface area (Å²) in [7, 11) is 0. The van der Waals surface area contributed by atoms with Crippen molar-refractivity contribution in [2.24, 2.45) is 0 Å². The third-order valence-corrected chi connectivity index (χ3v) is 5.59. The number of aliphatic hydroxyl groups excluding tert-OH is 4. The van der Waals surface area contributed by atoms with Crippen molar-refractivity contribution < 1.29 is 49.3 Å². The quantitative estimate of drug-likeness (QED) is 0.278. The number of fused-ring (bicyclic) bond motifs is 1. The van der Waals surface area contributed by atoms with Gasteiger partial charge in [0.2, 0.25) is 6.29 Å². The fourth-order valence-corrected chi connectivity index (χ4v) is 3.80. The summed E-state index contributed by atoms with van der Waals surface area (Å²) in [5, 5.41) is 60.5. The second-order valence-corrected chi connectivity index (χ2v) is 7.87. The number of benzene rings is 2. The van der Waals surface area contributed by atoms with Crippen molar-refractivity contribution in [3.8, 4) is 17.2 Å². The van der Waals surface area contributed by atoms with Crippen molar-refractivity contribution in [1.82, 2.24) is 0 Å². The Balaban J connectivity index is 1.55. The lowest BCUT2D eigenvalue weighted by atomic mass is 9.98. The minimum absolute atomic E-state index is 0.00721. The number of ether oxygens (including phenoxy) is 2. The van der Waals surface area contributed by atoms with E-state index in [2.05, 4.69) is 0 Å². The maximum atomic E-state index is 13.0. The topological polar surface area (TPSA) is 170 Å². The van der Waals surface area contributed by atoms with Crippen LogP contribution in [0, 0.1) is 0 Å². The molecule has 10 heteroatoms. The Morgan fingerprint density at radius 1 is 1.00 bits per heavy atom. The van der Waals surface area contributed by atoms with Gasteiger partial charge in [-0.15, -0.1) is 0 Å². The highest BCUT2D eigenvalue weighted by molar-refractivity contribution is 6.01. The van der Waals surface area contributed by atoms with Crippen molar-refractivity contribution in [3.05, 3.63) is 53.8 Å². The van der Waals surface area contributed by atoms with Crippen molar-refractivity contribution >= 4 is 16.8 Å². The summed E-state index contributed by atoms with van der Waals surface area (Å²) in [6.45, 7) is -0.664. The summed E-state index contributed by atoms with van der Waals surface area (Å²) in [4.78, 5) is 13.0. The number of hydrogen-bond acceptors (Lipinski definition) is 10. The maximum Gasteiger partial charge on any atom is 0.229 e. The lowest BCUT2D eigenvalue weighted by Crippen LogP contribution is -2.60. The molecule has 1 aromatic heterocycles. The van der Waals surface area contributed by atoms with Crippen LogP contribution >= 0.6 is 0 Å². The number of aliphatic hydroxyl groups is 4. The van der Waals surface area contributed by atoms with Crippen LogP contribution in [0.4, 0.5) is 0 Å². The SMILES string of the molecule is O=C(CCc1ccc2occc2c1)c1c(O)cc(O)cc1OC1OC(CO)C(O)C(O)C1O. The first kappa shape index (κ1) is 23.0. The number of carbonyl (C=O) groups is 1. The highest BCUT2D eigenvalue weighted by Crippen LogP contribution is 2.36. The van der Waals surface area contributed by atoms with E-state index < -0.39 is 54.6 Å². The molecule has 1 fully saturated rings. The van der Waals surface area contributed by atoms with Gasteiger partial charge < -0.3 is 44.5 Å². The number of rotatable bonds is 7. The van der Waals surface area contributed by atoms with Crippen molar-refractivity contribution in [2.45, 2.75) is 43.5 Å². The van der Waals surface area contributed by atoms with Crippen LogP contribution in [0.1, 0.15) is 22.3 Å². The molecule has 0 aliphatic carbocycles. The van der Waals surface area contributed by atoms with Gasteiger partial charge in [-0.05, 0) is 30.2 Å². The summed E-state index contributed by atoms with van der Waals surface area (Å²) in [6.07, 6.45) is -5.91. The van der Waals surface area contributed by atoms with Crippen LogP contribution in [0.15, 0.2) is 47.1 Å². The number of furan rings is 1. The van der Waals surface area contributed by atoms with Gasteiger partial charge in [-0.2, -0.15) is 0 Å². The predicted molar refractivity (Wildman–Crippen MR) is 113 cm³/mol. The van der Waals surface area contributed by atoms with Crippen molar-refractivity contribution in [2.75, 3.05) is 6.61 Å². The van der Waals surface area contributed by atoms with E-state index in [-0.39, 0.29) is 17.7 Å². The van der Waals surface area contributed by atoms with Crippen LogP contribution < -0.4 is 4.74 Å². The number of ketones is 1. The molecule has 176 valence electrons. The molecule has 1 saturated heterocycles. The van der Waals surface area contributed by atoms with Crippen LogP contribution in [-0.2, 0) is 11.2 Å². The fourth-order valence-electron chi connectivity index (χ4n) is 3.80. The van der Waals surface area contributed by atoms with Crippen LogP contribution in [0.2, 0.25) is 0 Å². The molecular weight excluding hydrogens is 436 g/mol. The molecule has 0 bridgehead atoms. The Morgan fingerprint density at radius 2 is 1.79 bits per heavy atom. The van der Waals surface area contributed by atoms with Gasteiger partial charge in [0.25, 0.3) is 0 Å². The standard InChI is InChI=1S/C23H24O10/c24-10-18-20(28)21(29)22(30)23(33-18)32-17-9-13(25)8-15(27)19(17)14(26)3-1-11-2-4-16-12(7-11)5-6-31-16/h2,4-9,18,20-25,27-30H,1,3,10H2. The number of aryl methyl sites for hydroxylation is 1. The highest BCUT2D eigenvalue weighted by atomic mass is 16.7. The van der Waals surface area contributed by atoms with Crippen LogP contribution in [0.5, 0.6) is 17.2 Å². The van der Waals surface area contributed by atoms with Crippen LogP contribution in [-0.4, -0.2) is 73.7 Å². The van der Waals surface area contributed by atoms with Crippen molar-refractivity contribution in [3.63, 3.8) is 0 Å². The molecular formula is C23H24O10. The summed E-state index contributed by atoms with van der Waals surface area (Å²) in [6, 6.07) is 9.34. The molecule has 1 aliphatic rings. The van der Waals surface area contributed by atoms with Gasteiger partial charge >= 0.3 is 0 Å². The third-order valence-electron chi connectivity index (χ3n) is 5.59. The van der Waals surface area contributed by atoms with E-state index in [1.54, 1.807) is 18.4 Å². The zero-order valence-electron chi connectivity index (χ0n) is 17.4. The number of Topliss-reactive ketones (excluding diaryl/α,β-unsaturated/α-hetero) is 1. The minimum atomic E-state index is -1.73. The molecule has 0 spiro atoms. The number of phenolic OH excluding ortho intramolecular Hbond substituents is 2. The molecule has 2 heterocycles. The summed E-state index contributed by atoms with van der Waals surface area (Å²) < 4.78 is 16.1. The Hall–Kier alpha value is -3.15. The van der Waals surface area contributed by atoms with Gasteiger partial charge in [-0.25, -0.2) is 0 Å². The number of hydrogen-bond donors (Lipinski definition) is 6. The van der Waals surface area contributed by atoms with E-state index in [1.165, 1.54) is 0 Å². The molecule has 33 heavy (non-hydrogen) atoms. The molecule has 4 rings (SSSR count). The molecule has 10 nitrogen and oxygen atoms in total. The molecule has 5 atom stereocenters. The summed E-state index contributed by atoms with van der Waals surface area (Å²) in [5.74, 6) is -1.73.